The van der Waals surface area contributed by atoms with Crippen molar-refractivity contribution >= 4 is 6.41 Å². The normalized spacial score (nSPS) is 29.7. The van der Waals surface area contributed by atoms with Crippen LogP contribution in [0.4, 0.5) is 0 Å². The van der Waals surface area contributed by atoms with Crippen molar-refractivity contribution in [3.05, 3.63) is 0 Å². The second-order valence-corrected chi connectivity index (χ2v) is 4.62. The van der Waals surface area contributed by atoms with Crippen LogP contribution in [-0.4, -0.2) is 80.7 Å². The molecule has 0 bridgehead atoms. The number of hydrogen-bond acceptors (Lipinski definition) is 5. The van der Waals surface area contributed by atoms with E-state index in [1.165, 1.54) is 0 Å². The molecule has 0 aliphatic carbocycles. The highest BCUT2D eigenvalue weighted by molar-refractivity contribution is 5.48. The summed E-state index contributed by atoms with van der Waals surface area (Å²) in [6.45, 7) is 2.81. The maximum Gasteiger partial charge on any atom is 0.209 e. The third-order valence-electron chi connectivity index (χ3n) is 2.52. The summed E-state index contributed by atoms with van der Waals surface area (Å²) < 4.78 is 5.48. The highest BCUT2D eigenvalue weighted by atomic mass is 16.5. The summed E-state index contributed by atoms with van der Waals surface area (Å²) in [6.07, 6.45) is 0.976. The van der Waals surface area contributed by atoms with Crippen molar-refractivity contribution in [2.24, 2.45) is 5.84 Å². The second-order valence-electron chi connectivity index (χ2n) is 4.62. The van der Waals surface area contributed by atoms with Crippen molar-refractivity contribution in [2.45, 2.75) is 12.1 Å². The molecule has 0 radical (unpaired) electrons. The molecule has 6 nitrogen and oxygen atoms in total. The van der Waals surface area contributed by atoms with Gasteiger partial charge in [0.15, 0.2) is 0 Å². The Bertz CT molecular complexity index is 222. The monoisotopic (exact) mass is 230 g/mol. The van der Waals surface area contributed by atoms with Crippen LogP contribution in [-0.2, 0) is 9.53 Å². The van der Waals surface area contributed by atoms with Crippen LogP contribution in [0.2, 0.25) is 0 Å². The number of nitrogens with zero attached hydrogens (tertiary/aromatic N) is 3. The Morgan fingerprint density at radius 3 is 2.50 bits per heavy atom. The van der Waals surface area contributed by atoms with Crippen LogP contribution in [0.25, 0.3) is 0 Å². The number of carbonyl (C=O) groups is 1. The molecular weight excluding hydrogens is 208 g/mol. The van der Waals surface area contributed by atoms with Gasteiger partial charge in [0.1, 0.15) is 0 Å². The molecule has 2 unspecified atom stereocenters. The fourth-order valence-corrected chi connectivity index (χ4v) is 1.83. The molecule has 2 atom stereocenters. The first kappa shape index (κ1) is 13.4. The molecule has 0 aromatic rings. The van der Waals surface area contributed by atoms with Crippen LogP contribution in [0.3, 0.4) is 0 Å². The number of hydrogen-bond donors (Lipinski definition) is 1. The molecule has 6 heteroatoms. The van der Waals surface area contributed by atoms with E-state index in [0.29, 0.717) is 19.7 Å². The number of ether oxygens (including phenoxy) is 1. The van der Waals surface area contributed by atoms with E-state index < -0.39 is 0 Å². The highest BCUT2D eigenvalue weighted by Gasteiger charge is 2.38. The van der Waals surface area contributed by atoms with Crippen molar-refractivity contribution in [1.82, 2.24) is 14.8 Å². The Morgan fingerprint density at radius 2 is 2.00 bits per heavy atom. The quantitative estimate of drug-likeness (QED) is 0.442. The Morgan fingerprint density at radius 1 is 1.38 bits per heavy atom. The minimum atomic E-state index is 0.119. The van der Waals surface area contributed by atoms with E-state index in [0.717, 1.165) is 13.0 Å². The first-order valence-corrected chi connectivity index (χ1v) is 5.47. The molecule has 2 saturated heterocycles. The molecule has 2 aliphatic heterocycles. The zero-order chi connectivity index (χ0) is 12.1. The lowest BCUT2D eigenvalue weighted by atomic mass is 10.2. The molecule has 2 aliphatic rings. The molecule has 1 amide bonds. The average molecular weight is 230 g/mol. The van der Waals surface area contributed by atoms with E-state index >= 15 is 0 Å². The first-order valence-electron chi connectivity index (χ1n) is 5.47. The van der Waals surface area contributed by atoms with Gasteiger partial charge in [-0.05, 0) is 21.1 Å². The zero-order valence-electron chi connectivity index (χ0n) is 10.3. The van der Waals surface area contributed by atoms with Crippen molar-refractivity contribution in [2.75, 3.05) is 47.4 Å². The van der Waals surface area contributed by atoms with Crippen LogP contribution in [0.15, 0.2) is 0 Å². The van der Waals surface area contributed by atoms with Gasteiger partial charge >= 0.3 is 0 Å². The van der Waals surface area contributed by atoms with Gasteiger partial charge < -0.3 is 14.5 Å². The van der Waals surface area contributed by atoms with E-state index in [2.05, 4.69) is 0 Å². The number of likely N-dealkylation sites (tertiary alicyclic amines) is 1. The Kier molecular flexibility index (Phi) is 5.14. The lowest BCUT2D eigenvalue weighted by molar-refractivity contribution is -0.117. The van der Waals surface area contributed by atoms with Gasteiger partial charge in [0.05, 0.1) is 18.8 Å². The first-order chi connectivity index (χ1) is 7.54. The average Bonchev–Trinajstić information content (AvgIpc) is 2.61. The van der Waals surface area contributed by atoms with E-state index in [4.69, 9.17) is 10.6 Å². The summed E-state index contributed by atoms with van der Waals surface area (Å²) in [5.41, 5.74) is 0. The molecule has 94 valence electrons. The van der Waals surface area contributed by atoms with E-state index in [-0.39, 0.29) is 12.1 Å². The van der Waals surface area contributed by atoms with Gasteiger partial charge in [-0.15, -0.1) is 0 Å². The highest BCUT2D eigenvalue weighted by Crippen LogP contribution is 2.18. The predicted octanol–water partition coefficient (Wildman–Crippen LogP) is -1.42. The summed E-state index contributed by atoms with van der Waals surface area (Å²) in [4.78, 5) is 14.2. The van der Waals surface area contributed by atoms with Crippen molar-refractivity contribution in [3.63, 3.8) is 0 Å². The smallest absolute Gasteiger partial charge is 0.209 e. The van der Waals surface area contributed by atoms with Gasteiger partial charge in [-0.3, -0.25) is 10.6 Å². The van der Waals surface area contributed by atoms with Gasteiger partial charge in [0, 0.05) is 19.6 Å². The van der Waals surface area contributed by atoms with Crippen LogP contribution in [0.5, 0.6) is 0 Å². The van der Waals surface area contributed by atoms with Gasteiger partial charge in [0.2, 0.25) is 6.41 Å². The molecule has 2 N–H and O–H groups in total. The standard InChI is InChI=1S/C7H13N3O2.C3H9N/c8-10-1-2-12-7-4-9(5-11)3-6(7)10;1-4(2)3/h5-7H,1-4,8H2;1-3H3. The van der Waals surface area contributed by atoms with Crippen molar-refractivity contribution in [3.8, 4) is 0 Å². The van der Waals surface area contributed by atoms with Crippen LogP contribution >= 0.6 is 0 Å². The Hall–Kier alpha value is -0.690. The van der Waals surface area contributed by atoms with Crippen LogP contribution in [0.1, 0.15) is 0 Å². The lowest BCUT2D eigenvalue weighted by Gasteiger charge is -2.32. The molecule has 0 spiro atoms. The number of hydrazine groups is 1. The SMILES string of the molecule is CN(C)C.NN1CCOC2CN(C=O)CC21. The third-order valence-corrected chi connectivity index (χ3v) is 2.52. The summed E-state index contributed by atoms with van der Waals surface area (Å²) in [5.74, 6) is 5.75. The molecular formula is C10H22N4O2. The van der Waals surface area contributed by atoms with E-state index in [1.807, 2.05) is 26.0 Å². The number of morpholine rings is 1. The fourth-order valence-electron chi connectivity index (χ4n) is 1.83. The van der Waals surface area contributed by atoms with Crippen molar-refractivity contribution < 1.29 is 9.53 Å². The van der Waals surface area contributed by atoms with Gasteiger partial charge in [-0.1, -0.05) is 0 Å². The Balaban J connectivity index is 0.000000280. The fraction of sp³-hybridized carbons (Fsp3) is 0.900. The van der Waals surface area contributed by atoms with E-state index in [1.54, 1.807) is 9.91 Å². The molecule has 0 aromatic heterocycles. The molecule has 0 aromatic carbocycles. The predicted molar refractivity (Wildman–Crippen MR) is 61.7 cm³/mol. The number of nitrogens with two attached hydrogens (primary N) is 1. The molecule has 2 heterocycles. The van der Waals surface area contributed by atoms with Gasteiger partial charge in [0.25, 0.3) is 0 Å². The van der Waals surface area contributed by atoms with Crippen LogP contribution in [0, 0.1) is 0 Å². The molecule has 0 saturated carbocycles. The number of fused-ring (bicyclic) bond motifs is 1. The number of carbonyl (C=O) groups excluding carboxylic acids is 1. The summed E-state index contributed by atoms with van der Waals surface area (Å²) in [5, 5.41) is 1.78. The van der Waals surface area contributed by atoms with Crippen LogP contribution < -0.4 is 5.84 Å². The minimum Gasteiger partial charge on any atom is -0.373 e. The topological polar surface area (TPSA) is 62.0 Å². The maximum atomic E-state index is 10.5. The number of rotatable bonds is 1. The third kappa shape index (κ3) is 3.71. The molecule has 16 heavy (non-hydrogen) atoms. The molecule has 2 rings (SSSR count). The lowest BCUT2D eigenvalue weighted by Crippen LogP contribution is -2.54. The van der Waals surface area contributed by atoms with E-state index in [9.17, 15) is 4.79 Å². The summed E-state index contributed by atoms with van der Waals surface area (Å²) in [7, 11) is 6.00. The molecule has 2 fully saturated rings. The van der Waals surface area contributed by atoms with Crippen molar-refractivity contribution in [1.29, 1.82) is 0 Å². The van der Waals surface area contributed by atoms with Gasteiger partial charge in [-0.2, -0.15) is 0 Å². The largest absolute Gasteiger partial charge is 0.373 e. The minimum absolute atomic E-state index is 0.119. The second kappa shape index (κ2) is 6.15. The van der Waals surface area contributed by atoms with Gasteiger partial charge in [-0.25, -0.2) is 5.01 Å². The zero-order valence-corrected chi connectivity index (χ0v) is 10.3. The summed E-state index contributed by atoms with van der Waals surface area (Å²) in [6, 6.07) is 0.198. The number of amides is 1. The maximum absolute atomic E-state index is 10.5. The summed E-state index contributed by atoms with van der Waals surface area (Å²) >= 11 is 0. The Labute approximate surface area is 96.9 Å².